The minimum atomic E-state index is -0.279. The van der Waals surface area contributed by atoms with Crippen LogP contribution in [-0.4, -0.2) is 29.3 Å². The minimum Gasteiger partial charge on any atom is -0.490 e. The second kappa shape index (κ2) is 9.03. The molecule has 2 N–H and O–H groups in total. The molecule has 0 aliphatic rings. The summed E-state index contributed by atoms with van der Waals surface area (Å²) in [5.41, 5.74) is 3.30. The van der Waals surface area contributed by atoms with Gasteiger partial charge in [-0.25, -0.2) is 0 Å². The fraction of sp³-hybridized carbons (Fsp3) is 0.333. The quantitative estimate of drug-likeness (QED) is 0.526. The molecule has 0 aliphatic carbocycles. The first-order chi connectivity index (χ1) is 14.2. The number of aromatic nitrogens is 2. The number of carbonyl (C=O) groups is 1. The number of rotatable bonds is 7. The average molecular weight is 408 g/mol. The first-order valence-corrected chi connectivity index (χ1v) is 10.00. The number of fused-ring (bicyclic) bond motifs is 1. The average Bonchev–Trinajstić information content (AvgIpc) is 3.08. The third kappa shape index (κ3) is 5.63. The molecule has 30 heavy (non-hydrogen) atoms. The zero-order valence-corrected chi connectivity index (χ0v) is 18.2. The van der Waals surface area contributed by atoms with Crippen molar-refractivity contribution >= 4 is 22.6 Å². The number of ether oxygens (including phenoxy) is 2. The smallest absolute Gasteiger partial charge is 0.263 e. The van der Waals surface area contributed by atoms with Crippen LogP contribution in [0.4, 0.5) is 5.82 Å². The van der Waals surface area contributed by atoms with Crippen LogP contribution in [0.15, 0.2) is 54.1 Å². The molecule has 0 radical (unpaired) electrons. The van der Waals surface area contributed by atoms with Crippen molar-refractivity contribution in [1.82, 2.24) is 10.2 Å². The predicted octanol–water partition coefficient (Wildman–Crippen LogP) is 5.22. The van der Waals surface area contributed by atoms with Gasteiger partial charge in [-0.3, -0.25) is 9.89 Å². The van der Waals surface area contributed by atoms with Crippen LogP contribution in [0.3, 0.4) is 0 Å². The Labute approximate surface area is 177 Å². The number of carbonyl (C=O) groups excluding carboxylic acids is 1. The van der Waals surface area contributed by atoms with E-state index < -0.39 is 0 Å². The molecule has 1 heterocycles. The zero-order valence-electron chi connectivity index (χ0n) is 18.2. The van der Waals surface area contributed by atoms with Crippen molar-refractivity contribution in [2.24, 2.45) is 0 Å². The van der Waals surface area contributed by atoms with Crippen molar-refractivity contribution in [3.63, 3.8) is 0 Å². The molecular weight excluding hydrogens is 378 g/mol. The zero-order chi connectivity index (χ0) is 21.7. The highest BCUT2D eigenvalue weighted by Gasteiger charge is 2.14. The highest BCUT2D eigenvalue weighted by atomic mass is 16.5. The van der Waals surface area contributed by atoms with Gasteiger partial charge >= 0.3 is 0 Å². The Morgan fingerprint density at radius 2 is 1.77 bits per heavy atom. The molecule has 6 heteroatoms. The van der Waals surface area contributed by atoms with Crippen LogP contribution in [0.1, 0.15) is 40.2 Å². The second-order valence-corrected chi connectivity index (χ2v) is 8.48. The third-order valence-corrected chi connectivity index (χ3v) is 4.62. The van der Waals surface area contributed by atoms with Gasteiger partial charge in [-0.05, 0) is 61.2 Å². The van der Waals surface area contributed by atoms with Crippen LogP contribution in [0.2, 0.25) is 0 Å². The maximum atomic E-state index is 12.4. The second-order valence-electron chi connectivity index (χ2n) is 8.48. The normalized spacial score (nSPS) is 11.2. The molecule has 0 atom stereocenters. The highest BCUT2D eigenvalue weighted by molar-refractivity contribution is 6.00. The molecule has 1 amide bonds. The Kier molecular flexibility index (Phi) is 6.45. The molecule has 0 saturated carbocycles. The third-order valence-electron chi connectivity index (χ3n) is 4.62. The maximum absolute atomic E-state index is 12.4. The minimum absolute atomic E-state index is 0.0745. The van der Waals surface area contributed by atoms with Gasteiger partial charge < -0.3 is 14.8 Å². The van der Waals surface area contributed by atoms with E-state index in [-0.39, 0.29) is 17.9 Å². The number of aromatic amines is 1. The van der Waals surface area contributed by atoms with Gasteiger partial charge in [0.05, 0.1) is 5.52 Å². The number of amides is 1. The molecule has 2 aromatic carbocycles. The molecule has 0 fully saturated rings. The van der Waals surface area contributed by atoms with Gasteiger partial charge in [-0.15, -0.1) is 0 Å². The Hall–Kier alpha value is -3.28. The Balaban J connectivity index is 1.61. The molecule has 0 spiro atoms. The number of hydrogen-bond donors (Lipinski definition) is 2. The molecule has 158 valence electrons. The Morgan fingerprint density at radius 1 is 1.07 bits per heavy atom. The number of allylic oxidation sites excluding steroid dienone is 1. The predicted molar refractivity (Wildman–Crippen MR) is 120 cm³/mol. The Morgan fingerprint density at radius 3 is 2.43 bits per heavy atom. The number of anilines is 1. The number of H-pyrrole nitrogens is 1. The summed E-state index contributed by atoms with van der Waals surface area (Å²) in [6.45, 7) is 10.9. The maximum Gasteiger partial charge on any atom is 0.263 e. The van der Waals surface area contributed by atoms with E-state index in [4.69, 9.17) is 9.47 Å². The van der Waals surface area contributed by atoms with Gasteiger partial charge in [0.1, 0.15) is 18.1 Å². The van der Waals surface area contributed by atoms with Gasteiger partial charge in [-0.1, -0.05) is 38.5 Å². The van der Waals surface area contributed by atoms with E-state index in [0.29, 0.717) is 23.9 Å². The monoisotopic (exact) mass is 407 g/mol. The van der Waals surface area contributed by atoms with Crippen molar-refractivity contribution in [2.75, 3.05) is 18.5 Å². The number of nitrogens with zero attached hydrogens (tertiary/aromatic N) is 1. The molecule has 0 bridgehead atoms. The highest BCUT2D eigenvalue weighted by Crippen LogP contribution is 2.26. The summed E-state index contributed by atoms with van der Waals surface area (Å²) in [6, 6.07) is 13.4. The fourth-order valence-corrected chi connectivity index (χ4v) is 2.85. The van der Waals surface area contributed by atoms with Crippen molar-refractivity contribution in [3.8, 4) is 11.5 Å². The van der Waals surface area contributed by atoms with Crippen LogP contribution in [0.25, 0.3) is 10.9 Å². The van der Waals surface area contributed by atoms with E-state index >= 15 is 0 Å². The summed E-state index contributed by atoms with van der Waals surface area (Å²) < 4.78 is 11.4. The molecular formula is C24H29N3O3. The Bertz CT molecular complexity index is 1040. The molecule has 3 rings (SSSR count). The topological polar surface area (TPSA) is 76.2 Å². The number of nitrogens with one attached hydrogen (secondary N) is 2. The summed E-state index contributed by atoms with van der Waals surface area (Å²) in [5.74, 6) is 1.54. The van der Waals surface area contributed by atoms with E-state index in [0.717, 1.165) is 10.9 Å². The van der Waals surface area contributed by atoms with E-state index in [1.54, 1.807) is 0 Å². The number of benzene rings is 2. The number of hydrogen-bond acceptors (Lipinski definition) is 4. The summed E-state index contributed by atoms with van der Waals surface area (Å²) in [7, 11) is 0. The van der Waals surface area contributed by atoms with Crippen molar-refractivity contribution in [1.29, 1.82) is 0 Å². The fourth-order valence-electron chi connectivity index (χ4n) is 2.85. The van der Waals surface area contributed by atoms with Gasteiger partial charge in [-0.2, -0.15) is 5.10 Å². The van der Waals surface area contributed by atoms with Gasteiger partial charge in [0.15, 0.2) is 12.4 Å². The molecule has 0 aliphatic heterocycles. The van der Waals surface area contributed by atoms with Gasteiger partial charge in [0, 0.05) is 5.39 Å². The SMILES string of the molecule is CC(C)=CCOc1ccc2[nH]nc(NC(=O)COc3ccc(C(C)(C)C)cc3)c2c1. The summed E-state index contributed by atoms with van der Waals surface area (Å²) >= 11 is 0. The first kappa shape index (κ1) is 21.4. The van der Waals surface area contributed by atoms with E-state index in [2.05, 4.69) is 36.3 Å². The van der Waals surface area contributed by atoms with Crippen LogP contribution in [-0.2, 0) is 10.2 Å². The molecule has 6 nitrogen and oxygen atoms in total. The van der Waals surface area contributed by atoms with Crippen LogP contribution in [0, 0.1) is 0 Å². The van der Waals surface area contributed by atoms with Crippen LogP contribution < -0.4 is 14.8 Å². The van der Waals surface area contributed by atoms with Crippen molar-refractivity contribution < 1.29 is 14.3 Å². The van der Waals surface area contributed by atoms with Crippen molar-refractivity contribution in [2.45, 2.75) is 40.0 Å². The molecule has 1 aromatic heterocycles. The lowest BCUT2D eigenvalue weighted by molar-refractivity contribution is -0.118. The lowest BCUT2D eigenvalue weighted by atomic mass is 9.87. The van der Waals surface area contributed by atoms with E-state index in [1.807, 2.05) is 62.4 Å². The summed E-state index contributed by atoms with van der Waals surface area (Å²) in [5, 5.41) is 10.7. The molecule has 0 unspecified atom stereocenters. The van der Waals surface area contributed by atoms with E-state index in [9.17, 15) is 4.79 Å². The lowest BCUT2D eigenvalue weighted by Crippen LogP contribution is -2.20. The first-order valence-electron chi connectivity index (χ1n) is 10.00. The van der Waals surface area contributed by atoms with Gasteiger partial charge in [0.2, 0.25) is 0 Å². The van der Waals surface area contributed by atoms with Crippen LogP contribution in [0.5, 0.6) is 11.5 Å². The summed E-state index contributed by atoms with van der Waals surface area (Å²) in [4.78, 5) is 12.4. The van der Waals surface area contributed by atoms with Crippen molar-refractivity contribution in [3.05, 3.63) is 59.7 Å². The molecule has 0 saturated heterocycles. The summed E-state index contributed by atoms with van der Waals surface area (Å²) in [6.07, 6.45) is 2.01. The molecule has 3 aromatic rings. The van der Waals surface area contributed by atoms with Gasteiger partial charge in [0.25, 0.3) is 5.91 Å². The lowest BCUT2D eigenvalue weighted by Gasteiger charge is -2.19. The standard InChI is InChI=1S/C24H29N3O3/c1-16(2)12-13-29-19-10-11-21-20(14-19)23(27-26-21)25-22(28)15-30-18-8-6-17(7-9-18)24(3,4)5/h6-12,14H,13,15H2,1-5H3,(H2,25,26,27,28). The largest absolute Gasteiger partial charge is 0.490 e. The van der Waals surface area contributed by atoms with E-state index in [1.165, 1.54) is 11.1 Å². The van der Waals surface area contributed by atoms with Crippen LogP contribution >= 0.6 is 0 Å².